The van der Waals surface area contributed by atoms with Gasteiger partial charge in [-0.15, -0.1) is 0 Å². The second-order valence-corrected chi connectivity index (χ2v) is 11.3. The molecule has 38 heavy (non-hydrogen) atoms. The van der Waals surface area contributed by atoms with E-state index in [0.717, 1.165) is 17.9 Å². The van der Waals surface area contributed by atoms with Gasteiger partial charge in [0.2, 0.25) is 0 Å². The Morgan fingerprint density at radius 1 is 0.658 bits per heavy atom. The second-order valence-electron chi connectivity index (χ2n) is 11.3. The fourth-order valence-corrected chi connectivity index (χ4v) is 6.24. The van der Waals surface area contributed by atoms with E-state index in [0.29, 0.717) is 11.8 Å². The number of para-hydroxylation sites is 1. The van der Waals surface area contributed by atoms with Crippen LogP contribution in [0, 0.1) is 13.8 Å². The van der Waals surface area contributed by atoms with Crippen LogP contribution in [0.1, 0.15) is 72.9 Å². The first-order valence-electron chi connectivity index (χ1n) is 13.8. The Morgan fingerprint density at radius 3 is 1.92 bits per heavy atom. The Balaban J connectivity index is 1.68. The van der Waals surface area contributed by atoms with Crippen molar-refractivity contribution in [3.8, 4) is 39.5 Å². The second kappa shape index (κ2) is 9.44. The Hall–Kier alpha value is -3.91. The third-order valence-corrected chi connectivity index (χ3v) is 8.12. The molecule has 5 aromatic rings. The zero-order valence-corrected chi connectivity index (χ0v) is 23.3. The van der Waals surface area contributed by atoms with Crippen LogP contribution in [0.5, 0.6) is 0 Å². The zero-order chi connectivity index (χ0) is 26.6. The average molecular weight is 497 g/mol. The lowest BCUT2D eigenvalue weighted by atomic mass is 9.92. The molecule has 0 amide bonds. The van der Waals surface area contributed by atoms with Crippen molar-refractivity contribution < 1.29 is 0 Å². The van der Waals surface area contributed by atoms with E-state index in [4.69, 9.17) is 4.98 Å². The number of aryl methyl sites for hydroxylation is 2. The van der Waals surface area contributed by atoms with Crippen molar-refractivity contribution in [2.75, 3.05) is 0 Å². The van der Waals surface area contributed by atoms with Gasteiger partial charge in [0.1, 0.15) is 5.82 Å². The number of fused-ring (bicyclic) bond motifs is 3. The van der Waals surface area contributed by atoms with Crippen molar-refractivity contribution in [1.82, 2.24) is 9.55 Å². The van der Waals surface area contributed by atoms with Gasteiger partial charge in [0.25, 0.3) is 0 Å². The van der Waals surface area contributed by atoms with Crippen molar-refractivity contribution in [2.45, 2.75) is 59.8 Å². The number of hydrogen-bond acceptors (Lipinski definition) is 1. The summed E-state index contributed by atoms with van der Waals surface area (Å²) in [4.78, 5) is 5.45. The minimum absolute atomic E-state index is 0.397. The SMILES string of the molecule is Cc1cccc(C)c1-c1cn(-c2c(C(C)C)cccc2C(C)C)c(-c2cccc3c2Cc2ccccc2-3)n1. The molecule has 0 saturated carbocycles. The Morgan fingerprint density at radius 2 is 1.24 bits per heavy atom. The van der Waals surface area contributed by atoms with Crippen LogP contribution in [-0.2, 0) is 6.42 Å². The molecule has 6 rings (SSSR count). The van der Waals surface area contributed by atoms with Gasteiger partial charge in [0.15, 0.2) is 0 Å². The number of nitrogens with zero attached hydrogens (tertiary/aromatic N) is 2. The fraction of sp³-hybridized carbons (Fsp3) is 0.250. The molecule has 0 N–H and O–H groups in total. The van der Waals surface area contributed by atoms with E-state index in [9.17, 15) is 0 Å². The van der Waals surface area contributed by atoms with Gasteiger partial charge in [-0.2, -0.15) is 0 Å². The van der Waals surface area contributed by atoms with Crippen molar-refractivity contribution in [3.05, 3.63) is 118 Å². The lowest BCUT2D eigenvalue weighted by Gasteiger charge is -2.22. The molecule has 0 saturated heterocycles. The van der Waals surface area contributed by atoms with Crippen molar-refractivity contribution in [3.63, 3.8) is 0 Å². The predicted octanol–water partition coefficient (Wildman–Crippen LogP) is 9.64. The predicted molar refractivity (Wildman–Crippen MR) is 160 cm³/mol. The lowest BCUT2D eigenvalue weighted by Crippen LogP contribution is -2.08. The molecule has 1 aromatic heterocycles. The highest BCUT2D eigenvalue weighted by Crippen LogP contribution is 2.43. The molecule has 1 aliphatic rings. The maximum atomic E-state index is 5.45. The summed E-state index contributed by atoms with van der Waals surface area (Å²) in [6, 6.07) is 28.9. The zero-order valence-electron chi connectivity index (χ0n) is 23.3. The van der Waals surface area contributed by atoms with Crippen LogP contribution in [0.25, 0.3) is 39.5 Å². The number of benzene rings is 4. The Kier molecular flexibility index (Phi) is 6.07. The molecule has 0 unspecified atom stereocenters. The first kappa shape index (κ1) is 24.4. The minimum atomic E-state index is 0.397. The van der Waals surface area contributed by atoms with Crippen LogP contribution >= 0.6 is 0 Å². The largest absolute Gasteiger partial charge is 0.299 e. The Bertz CT molecular complexity index is 1620. The molecule has 190 valence electrons. The van der Waals surface area contributed by atoms with E-state index in [1.165, 1.54) is 61.3 Å². The molecule has 0 bridgehead atoms. The van der Waals surface area contributed by atoms with Gasteiger partial charge >= 0.3 is 0 Å². The molecule has 2 heteroatoms. The molecule has 1 aliphatic carbocycles. The van der Waals surface area contributed by atoms with E-state index >= 15 is 0 Å². The smallest absolute Gasteiger partial charge is 0.145 e. The van der Waals surface area contributed by atoms with Gasteiger partial charge in [-0.05, 0) is 76.6 Å². The minimum Gasteiger partial charge on any atom is -0.299 e. The van der Waals surface area contributed by atoms with Crippen LogP contribution < -0.4 is 0 Å². The van der Waals surface area contributed by atoms with E-state index in [1.54, 1.807) is 0 Å². The van der Waals surface area contributed by atoms with E-state index in [1.807, 2.05) is 0 Å². The van der Waals surface area contributed by atoms with E-state index in [-0.39, 0.29) is 0 Å². The third-order valence-electron chi connectivity index (χ3n) is 8.12. The first-order chi connectivity index (χ1) is 18.3. The quantitative estimate of drug-likeness (QED) is 0.232. The van der Waals surface area contributed by atoms with Crippen LogP contribution in [0.15, 0.2) is 85.1 Å². The standard InChI is InChI=1S/C36H36N2/c1-22(2)27-16-10-17-28(23(3)4)35(27)38-21-33(34-24(5)12-9-13-25(34)6)37-36(38)31-19-11-18-30-29-15-8-7-14-26(29)20-32(30)31/h7-19,21-23H,20H2,1-6H3. The molecule has 2 nitrogen and oxygen atoms in total. The van der Waals surface area contributed by atoms with Gasteiger partial charge in [-0.1, -0.05) is 107 Å². The van der Waals surface area contributed by atoms with Crippen LogP contribution in [-0.4, -0.2) is 9.55 Å². The molecule has 0 aliphatic heterocycles. The summed E-state index contributed by atoms with van der Waals surface area (Å²) in [6.45, 7) is 13.6. The molecule has 0 spiro atoms. The summed E-state index contributed by atoms with van der Waals surface area (Å²) in [5.41, 5.74) is 15.5. The van der Waals surface area contributed by atoms with Crippen LogP contribution in [0.4, 0.5) is 0 Å². The molecule has 0 atom stereocenters. The summed E-state index contributed by atoms with van der Waals surface area (Å²) in [7, 11) is 0. The molecule has 1 heterocycles. The summed E-state index contributed by atoms with van der Waals surface area (Å²) in [6.07, 6.45) is 3.23. The number of aromatic nitrogens is 2. The molecular weight excluding hydrogens is 460 g/mol. The highest BCUT2D eigenvalue weighted by atomic mass is 15.1. The van der Waals surface area contributed by atoms with E-state index in [2.05, 4.69) is 131 Å². The van der Waals surface area contributed by atoms with Gasteiger partial charge in [-0.3, -0.25) is 4.57 Å². The topological polar surface area (TPSA) is 17.8 Å². The summed E-state index contributed by atoms with van der Waals surface area (Å²) in [5, 5.41) is 0. The van der Waals surface area contributed by atoms with E-state index < -0.39 is 0 Å². The van der Waals surface area contributed by atoms with Crippen molar-refractivity contribution >= 4 is 0 Å². The summed E-state index contributed by atoms with van der Waals surface area (Å²) in [5.74, 6) is 1.82. The maximum Gasteiger partial charge on any atom is 0.145 e. The summed E-state index contributed by atoms with van der Waals surface area (Å²) < 4.78 is 2.41. The molecule has 0 radical (unpaired) electrons. The normalized spacial score (nSPS) is 12.3. The van der Waals surface area contributed by atoms with Gasteiger partial charge in [0, 0.05) is 17.3 Å². The number of hydrogen-bond donors (Lipinski definition) is 0. The van der Waals surface area contributed by atoms with Gasteiger partial charge in [-0.25, -0.2) is 4.98 Å². The fourth-order valence-electron chi connectivity index (χ4n) is 6.24. The average Bonchev–Trinajstić information content (AvgIpc) is 3.50. The van der Waals surface area contributed by atoms with Gasteiger partial charge < -0.3 is 0 Å². The third kappa shape index (κ3) is 3.91. The first-order valence-corrected chi connectivity index (χ1v) is 13.8. The maximum absolute atomic E-state index is 5.45. The number of rotatable bonds is 5. The van der Waals surface area contributed by atoms with Crippen LogP contribution in [0.3, 0.4) is 0 Å². The number of imidazole rings is 1. The lowest BCUT2D eigenvalue weighted by molar-refractivity contribution is 0.806. The Labute approximate surface area is 227 Å². The van der Waals surface area contributed by atoms with Crippen LogP contribution in [0.2, 0.25) is 0 Å². The molecule has 0 fully saturated rings. The highest BCUT2D eigenvalue weighted by Gasteiger charge is 2.26. The van der Waals surface area contributed by atoms with Gasteiger partial charge in [0.05, 0.1) is 11.4 Å². The molecular formula is C36H36N2. The van der Waals surface area contributed by atoms with Crippen molar-refractivity contribution in [1.29, 1.82) is 0 Å². The van der Waals surface area contributed by atoms with Crippen molar-refractivity contribution in [2.24, 2.45) is 0 Å². The monoisotopic (exact) mass is 496 g/mol. The highest BCUT2D eigenvalue weighted by molar-refractivity contribution is 5.84. The molecule has 4 aromatic carbocycles. The summed E-state index contributed by atoms with van der Waals surface area (Å²) >= 11 is 0.